The van der Waals surface area contributed by atoms with E-state index < -0.39 is 5.97 Å². The smallest absolute Gasteiger partial charge is 0.338 e. The fourth-order valence-corrected chi connectivity index (χ4v) is 4.52. The van der Waals surface area contributed by atoms with E-state index in [1.807, 2.05) is 0 Å². The van der Waals surface area contributed by atoms with Gasteiger partial charge in [-0.05, 0) is 66.7 Å². The van der Waals surface area contributed by atoms with Gasteiger partial charge in [-0.2, -0.15) is 0 Å². The van der Waals surface area contributed by atoms with Crippen LogP contribution in [0, 0.1) is 5.82 Å². The minimum absolute atomic E-state index is 0.252. The predicted molar refractivity (Wildman–Crippen MR) is 140 cm³/mol. The van der Waals surface area contributed by atoms with Gasteiger partial charge in [0.2, 0.25) is 0 Å². The van der Waals surface area contributed by atoms with Gasteiger partial charge in [0, 0.05) is 31.9 Å². The molecule has 0 aliphatic carbocycles. The lowest BCUT2D eigenvalue weighted by molar-refractivity contribution is -0.134. The molecule has 1 saturated heterocycles. The van der Waals surface area contributed by atoms with Crippen molar-refractivity contribution >= 4 is 28.6 Å². The van der Waals surface area contributed by atoms with Gasteiger partial charge >= 0.3 is 5.97 Å². The van der Waals surface area contributed by atoms with Crippen LogP contribution in [0.2, 0.25) is 0 Å². The predicted octanol–water partition coefficient (Wildman–Crippen LogP) is 4.79. The number of nitrogens with zero attached hydrogens (tertiary/aromatic N) is 4. The van der Waals surface area contributed by atoms with E-state index in [1.54, 1.807) is 72.0 Å². The maximum Gasteiger partial charge on any atom is 0.338 e. The molecule has 10 heteroatoms. The highest BCUT2D eigenvalue weighted by atomic mass is 19.1. The number of hydrogen-bond acceptors (Lipinski definition) is 8. The second kappa shape index (κ2) is 10.4. The number of rotatable bonds is 6. The zero-order chi connectivity index (χ0) is 26.8. The molecule has 5 aromatic rings. The summed E-state index contributed by atoms with van der Waals surface area (Å²) in [6.07, 6.45) is 3.10. The third-order valence-corrected chi connectivity index (χ3v) is 6.56. The van der Waals surface area contributed by atoms with Gasteiger partial charge in [0.15, 0.2) is 18.1 Å². The monoisotopic (exact) mass is 526 g/mol. The summed E-state index contributed by atoms with van der Waals surface area (Å²) in [7, 11) is 0. The summed E-state index contributed by atoms with van der Waals surface area (Å²) in [5.41, 5.74) is 3.17. The Hall–Kier alpha value is -4.99. The SMILES string of the molecule is O=C(OCC(=O)N1CCN(c2ccc(F)cc2)CC1)c1ccc2nc(-c3ccco3)c(-c3ccco3)nc2c1. The van der Waals surface area contributed by atoms with Crippen LogP contribution in [-0.4, -0.2) is 59.5 Å². The Morgan fingerprint density at radius 3 is 2.08 bits per heavy atom. The van der Waals surface area contributed by atoms with E-state index in [0.717, 1.165) is 5.69 Å². The summed E-state index contributed by atoms with van der Waals surface area (Å²) >= 11 is 0. The van der Waals surface area contributed by atoms with Gasteiger partial charge in [0.25, 0.3) is 5.91 Å². The van der Waals surface area contributed by atoms with Crippen LogP contribution in [0.1, 0.15) is 10.4 Å². The molecule has 0 N–H and O–H groups in total. The van der Waals surface area contributed by atoms with Crippen molar-refractivity contribution in [2.24, 2.45) is 0 Å². The van der Waals surface area contributed by atoms with Crippen LogP contribution in [0.25, 0.3) is 33.9 Å². The number of anilines is 1. The molecule has 6 rings (SSSR count). The van der Waals surface area contributed by atoms with Crippen molar-refractivity contribution in [2.75, 3.05) is 37.7 Å². The van der Waals surface area contributed by atoms with Gasteiger partial charge in [-0.1, -0.05) is 0 Å². The average Bonchev–Trinajstić information content (AvgIpc) is 3.71. The van der Waals surface area contributed by atoms with Gasteiger partial charge in [-0.15, -0.1) is 0 Å². The summed E-state index contributed by atoms with van der Waals surface area (Å²) in [6.45, 7) is 1.80. The highest BCUT2D eigenvalue weighted by Crippen LogP contribution is 2.31. The van der Waals surface area contributed by atoms with Crippen LogP contribution in [0.15, 0.2) is 88.1 Å². The number of carbonyl (C=O) groups is 2. The normalized spacial score (nSPS) is 13.6. The fraction of sp³-hybridized carbons (Fsp3) is 0.172. The summed E-state index contributed by atoms with van der Waals surface area (Å²) < 4.78 is 29.6. The molecule has 4 heterocycles. The maximum absolute atomic E-state index is 13.2. The van der Waals surface area contributed by atoms with Crippen molar-refractivity contribution in [3.63, 3.8) is 0 Å². The van der Waals surface area contributed by atoms with Gasteiger partial charge < -0.3 is 23.4 Å². The summed E-state index contributed by atoms with van der Waals surface area (Å²) in [4.78, 5) is 38.6. The Morgan fingerprint density at radius 1 is 0.821 bits per heavy atom. The number of halogens is 1. The summed E-state index contributed by atoms with van der Waals surface area (Å²) in [5.74, 6) is -0.146. The third-order valence-electron chi connectivity index (χ3n) is 6.56. The maximum atomic E-state index is 13.2. The van der Waals surface area contributed by atoms with Crippen molar-refractivity contribution in [1.29, 1.82) is 0 Å². The van der Waals surface area contributed by atoms with E-state index >= 15 is 0 Å². The molecule has 0 radical (unpaired) electrons. The molecule has 0 atom stereocenters. The first-order valence-electron chi connectivity index (χ1n) is 12.4. The second-order valence-corrected chi connectivity index (χ2v) is 9.00. The van der Waals surface area contributed by atoms with Crippen molar-refractivity contribution in [2.45, 2.75) is 0 Å². The fourth-order valence-electron chi connectivity index (χ4n) is 4.52. The molecule has 9 nitrogen and oxygen atoms in total. The van der Waals surface area contributed by atoms with Crippen molar-refractivity contribution in [3.8, 4) is 22.9 Å². The molecule has 0 unspecified atom stereocenters. The van der Waals surface area contributed by atoms with E-state index in [0.29, 0.717) is 60.1 Å². The van der Waals surface area contributed by atoms with Crippen molar-refractivity contribution < 1.29 is 27.6 Å². The summed E-state index contributed by atoms with van der Waals surface area (Å²) in [6, 6.07) is 18.2. The number of benzene rings is 2. The number of ether oxygens (including phenoxy) is 1. The number of amides is 1. The number of piperazine rings is 1. The number of fused-ring (bicyclic) bond motifs is 1. The standard InChI is InChI=1S/C29H23FN4O5/c30-20-6-8-21(9-7-20)33-11-13-34(14-12-33)26(35)18-39-29(36)19-5-10-22-23(17-19)32-28(25-4-2-16-38-25)27(31-22)24-3-1-15-37-24/h1-10,15-17H,11-14,18H2. The lowest BCUT2D eigenvalue weighted by Gasteiger charge is -2.36. The quantitative estimate of drug-likeness (QED) is 0.291. The third kappa shape index (κ3) is 5.08. The molecule has 196 valence electrons. The number of furan rings is 2. The van der Waals surface area contributed by atoms with E-state index in [-0.39, 0.29) is 23.9 Å². The molecular formula is C29H23FN4O5. The topological polar surface area (TPSA) is 102 Å². The Morgan fingerprint density at radius 2 is 1.46 bits per heavy atom. The average molecular weight is 527 g/mol. The Kier molecular flexibility index (Phi) is 6.50. The van der Waals surface area contributed by atoms with Crippen LogP contribution in [-0.2, 0) is 9.53 Å². The largest absolute Gasteiger partial charge is 0.463 e. The van der Waals surface area contributed by atoms with Crippen LogP contribution in [0.5, 0.6) is 0 Å². The Labute approximate surface area is 222 Å². The molecule has 1 fully saturated rings. The first-order valence-corrected chi connectivity index (χ1v) is 12.4. The van der Waals surface area contributed by atoms with E-state index in [1.165, 1.54) is 12.1 Å². The lowest BCUT2D eigenvalue weighted by Crippen LogP contribution is -2.49. The minimum Gasteiger partial charge on any atom is -0.463 e. The first kappa shape index (κ1) is 24.4. The molecule has 1 amide bonds. The molecule has 2 aromatic carbocycles. The number of aromatic nitrogens is 2. The molecule has 1 aliphatic heterocycles. The first-order chi connectivity index (χ1) is 19.0. The summed E-state index contributed by atoms with van der Waals surface area (Å²) in [5, 5.41) is 0. The Balaban J connectivity index is 1.13. The molecular weight excluding hydrogens is 503 g/mol. The van der Waals surface area contributed by atoms with Crippen molar-refractivity contribution in [3.05, 3.63) is 90.6 Å². The molecule has 0 saturated carbocycles. The van der Waals surface area contributed by atoms with E-state index in [9.17, 15) is 14.0 Å². The molecule has 3 aromatic heterocycles. The highest BCUT2D eigenvalue weighted by Gasteiger charge is 2.23. The van der Waals surface area contributed by atoms with Gasteiger partial charge in [0.05, 0.1) is 29.1 Å². The van der Waals surface area contributed by atoms with E-state index in [4.69, 9.17) is 23.5 Å². The second-order valence-electron chi connectivity index (χ2n) is 9.00. The Bertz CT molecular complexity index is 1610. The number of carbonyl (C=O) groups excluding carboxylic acids is 2. The van der Waals surface area contributed by atoms with Gasteiger partial charge in [-0.3, -0.25) is 4.79 Å². The van der Waals surface area contributed by atoms with Gasteiger partial charge in [-0.25, -0.2) is 19.2 Å². The zero-order valence-corrected chi connectivity index (χ0v) is 20.7. The minimum atomic E-state index is -0.633. The van der Waals surface area contributed by atoms with Crippen molar-refractivity contribution in [1.82, 2.24) is 14.9 Å². The number of hydrogen-bond donors (Lipinski definition) is 0. The highest BCUT2D eigenvalue weighted by molar-refractivity contribution is 5.95. The van der Waals surface area contributed by atoms with Crippen LogP contribution in [0.4, 0.5) is 10.1 Å². The molecule has 0 spiro atoms. The zero-order valence-electron chi connectivity index (χ0n) is 20.7. The van der Waals surface area contributed by atoms with E-state index in [2.05, 4.69) is 4.90 Å². The lowest BCUT2D eigenvalue weighted by atomic mass is 10.1. The number of esters is 1. The van der Waals surface area contributed by atoms with Crippen LogP contribution < -0.4 is 4.90 Å². The molecule has 1 aliphatic rings. The van der Waals surface area contributed by atoms with Crippen LogP contribution in [0.3, 0.4) is 0 Å². The van der Waals surface area contributed by atoms with Crippen LogP contribution >= 0.6 is 0 Å². The van der Waals surface area contributed by atoms with Gasteiger partial charge in [0.1, 0.15) is 17.2 Å². The molecule has 0 bridgehead atoms. The molecule has 39 heavy (non-hydrogen) atoms.